The lowest BCUT2D eigenvalue weighted by Crippen LogP contribution is -2.49. The molecule has 2 N–H and O–H groups in total. The van der Waals surface area contributed by atoms with Gasteiger partial charge >= 0.3 is 6.03 Å². The average Bonchev–Trinajstić information content (AvgIpc) is 2.78. The van der Waals surface area contributed by atoms with Crippen LogP contribution in [0.1, 0.15) is 28.8 Å². The van der Waals surface area contributed by atoms with Gasteiger partial charge in [-0.3, -0.25) is 4.79 Å². The fraction of sp³-hybridized carbons (Fsp3) is 0.364. The molecule has 7 nitrogen and oxygen atoms in total. The Bertz CT molecular complexity index is 833. The van der Waals surface area contributed by atoms with Crippen molar-refractivity contribution in [1.29, 1.82) is 0 Å². The van der Waals surface area contributed by atoms with Crippen molar-refractivity contribution in [3.8, 4) is 11.5 Å². The van der Waals surface area contributed by atoms with E-state index in [0.717, 1.165) is 18.4 Å². The van der Waals surface area contributed by atoms with Crippen LogP contribution in [0, 0.1) is 0 Å². The van der Waals surface area contributed by atoms with Gasteiger partial charge in [-0.1, -0.05) is 24.3 Å². The van der Waals surface area contributed by atoms with Gasteiger partial charge in [-0.05, 0) is 42.7 Å². The first-order chi connectivity index (χ1) is 14.1. The summed E-state index contributed by atoms with van der Waals surface area (Å²) in [5.74, 6) is 1.22. The van der Waals surface area contributed by atoms with E-state index in [1.807, 2.05) is 36.4 Å². The lowest BCUT2D eigenvalue weighted by molar-refractivity contribution is 0.0918. The summed E-state index contributed by atoms with van der Waals surface area (Å²) < 4.78 is 10.5. The van der Waals surface area contributed by atoms with E-state index in [0.29, 0.717) is 36.7 Å². The molecule has 3 rings (SSSR count). The molecule has 0 aromatic heterocycles. The van der Waals surface area contributed by atoms with Gasteiger partial charge in [-0.2, -0.15) is 0 Å². The number of nitrogens with one attached hydrogen (secondary N) is 2. The summed E-state index contributed by atoms with van der Waals surface area (Å²) in [6.07, 6.45) is 1.48. The highest BCUT2D eigenvalue weighted by Gasteiger charge is 2.24. The Kier molecular flexibility index (Phi) is 6.94. The number of amides is 3. The number of benzene rings is 2. The van der Waals surface area contributed by atoms with E-state index in [9.17, 15) is 9.59 Å². The summed E-state index contributed by atoms with van der Waals surface area (Å²) in [6, 6.07) is 14.7. The average molecular weight is 397 g/mol. The molecule has 0 atom stereocenters. The lowest BCUT2D eigenvalue weighted by atomic mass is 10.0. The maximum atomic E-state index is 12.5. The SMILES string of the molecule is COc1ccc(CNC(=O)N2CCC(NC(=O)c3ccccc3)CC2)cc1OC. The molecule has 0 spiro atoms. The Balaban J connectivity index is 1.45. The molecular weight excluding hydrogens is 370 g/mol. The first-order valence-corrected chi connectivity index (χ1v) is 9.70. The topological polar surface area (TPSA) is 79.9 Å². The highest BCUT2D eigenvalue weighted by atomic mass is 16.5. The van der Waals surface area contributed by atoms with Crippen molar-refractivity contribution < 1.29 is 19.1 Å². The fourth-order valence-electron chi connectivity index (χ4n) is 3.37. The fourth-order valence-corrected chi connectivity index (χ4v) is 3.37. The van der Waals surface area contributed by atoms with Gasteiger partial charge in [0.05, 0.1) is 14.2 Å². The molecule has 0 radical (unpaired) electrons. The van der Waals surface area contributed by atoms with Crippen molar-refractivity contribution in [3.05, 3.63) is 59.7 Å². The van der Waals surface area contributed by atoms with E-state index in [2.05, 4.69) is 10.6 Å². The van der Waals surface area contributed by atoms with Crippen molar-refractivity contribution in [2.75, 3.05) is 27.3 Å². The van der Waals surface area contributed by atoms with Crippen LogP contribution in [0.15, 0.2) is 48.5 Å². The van der Waals surface area contributed by atoms with E-state index in [-0.39, 0.29) is 18.0 Å². The van der Waals surface area contributed by atoms with Crippen molar-refractivity contribution in [2.24, 2.45) is 0 Å². The number of rotatable bonds is 6. The standard InChI is InChI=1S/C22H27N3O4/c1-28-19-9-8-16(14-20(19)29-2)15-23-22(27)25-12-10-18(11-13-25)24-21(26)17-6-4-3-5-7-17/h3-9,14,18H,10-13,15H2,1-2H3,(H,23,27)(H,24,26). The normalized spacial score (nSPS) is 14.2. The number of hydrogen-bond acceptors (Lipinski definition) is 4. The molecule has 0 unspecified atom stereocenters. The Morgan fingerprint density at radius 1 is 1.00 bits per heavy atom. The smallest absolute Gasteiger partial charge is 0.317 e. The van der Waals surface area contributed by atoms with E-state index in [4.69, 9.17) is 9.47 Å². The van der Waals surface area contributed by atoms with Gasteiger partial charge in [0.25, 0.3) is 5.91 Å². The van der Waals surface area contributed by atoms with E-state index >= 15 is 0 Å². The summed E-state index contributed by atoms with van der Waals surface area (Å²) in [5.41, 5.74) is 1.59. The summed E-state index contributed by atoms with van der Waals surface area (Å²) in [6.45, 7) is 1.62. The largest absolute Gasteiger partial charge is 0.493 e. The summed E-state index contributed by atoms with van der Waals surface area (Å²) in [5, 5.41) is 6.00. The highest BCUT2D eigenvalue weighted by Crippen LogP contribution is 2.27. The first kappa shape index (κ1) is 20.5. The van der Waals surface area contributed by atoms with E-state index < -0.39 is 0 Å². The van der Waals surface area contributed by atoms with Gasteiger partial charge in [0.15, 0.2) is 11.5 Å². The Labute approximate surface area is 171 Å². The molecule has 1 heterocycles. The second-order valence-electron chi connectivity index (χ2n) is 6.95. The van der Waals surface area contributed by atoms with Gasteiger partial charge in [0.2, 0.25) is 0 Å². The summed E-state index contributed by atoms with van der Waals surface area (Å²) in [4.78, 5) is 26.5. The first-order valence-electron chi connectivity index (χ1n) is 9.70. The van der Waals surface area contributed by atoms with Crippen LogP contribution in [0.5, 0.6) is 11.5 Å². The molecule has 2 aromatic rings. The van der Waals surface area contributed by atoms with Crippen LogP contribution in [0.3, 0.4) is 0 Å². The number of piperidine rings is 1. The zero-order valence-corrected chi connectivity index (χ0v) is 16.8. The molecule has 7 heteroatoms. The van der Waals surface area contributed by atoms with Crippen LogP contribution in [0.25, 0.3) is 0 Å². The van der Waals surface area contributed by atoms with Crippen LogP contribution in [0.2, 0.25) is 0 Å². The minimum absolute atomic E-state index is 0.0676. The van der Waals surface area contributed by atoms with E-state index in [1.165, 1.54) is 0 Å². The van der Waals surface area contributed by atoms with Crippen LogP contribution in [-0.4, -0.2) is 50.2 Å². The maximum absolute atomic E-state index is 12.5. The Morgan fingerprint density at radius 2 is 1.69 bits per heavy atom. The molecule has 1 aliphatic heterocycles. The second-order valence-corrected chi connectivity index (χ2v) is 6.95. The molecule has 154 valence electrons. The van der Waals surface area contributed by atoms with Gasteiger partial charge in [0.1, 0.15) is 0 Å². The number of carbonyl (C=O) groups excluding carboxylic acids is 2. The zero-order chi connectivity index (χ0) is 20.6. The highest BCUT2D eigenvalue weighted by molar-refractivity contribution is 5.94. The predicted molar refractivity (Wildman–Crippen MR) is 110 cm³/mol. The third kappa shape index (κ3) is 5.40. The summed E-state index contributed by atoms with van der Waals surface area (Å²) in [7, 11) is 3.17. The Hall–Kier alpha value is -3.22. The number of carbonyl (C=O) groups is 2. The molecule has 1 aliphatic rings. The summed E-state index contributed by atoms with van der Waals surface area (Å²) >= 11 is 0. The molecule has 0 saturated carbocycles. The molecule has 1 fully saturated rings. The monoisotopic (exact) mass is 397 g/mol. The maximum Gasteiger partial charge on any atom is 0.317 e. The van der Waals surface area contributed by atoms with Gasteiger partial charge < -0.3 is 25.0 Å². The molecule has 0 bridgehead atoms. The van der Waals surface area contributed by atoms with Crippen LogP contribution >= 0.6 is 0 Å². The molecule has 0 aliphatic carbocycles. The number of likely N-dealkylation sites (tertiary alicyclic amines) is 1. The number of hydrogen-bond donors (Lipinski definition) is 2. The van der Waals surface area contributed by atoms with E-state index in [1.54, 1.807) is 31.3 Å². The minimum Gasteiger partial charge on any atom is -0.493 e. The van der Waals surface area contributed by atoms with Crippen LogP contribution < -0.4 is 20.1 Å². The van der Waals surface area contributed by atoms with Crippen LogP contribution in [-0.2, 0) is 6.54 Å². The molecular formula is C22H27N3O4. The van der Waals surface area contributed by atoms with Crippen molar-refractivity contribution in [1.82, 2.24) is 15.5 Å². The van der Waals surface area contributed by atoms with Gasteiger partial charge in [0, 0.05) is 31.2 Å². The third-order valence-corrected chi connectivity index (χ3v) is 5.05. The van der Waals surface area contributed by atoms with Gasteiger partial charge in [-0.25, -0.2) is 4.79 Å². The number of ether oxygens (including phenoxy) is 2. The van der Waals surface area contributed by atoms with Crippen molar-refractivity contribution in [3.63, 3.8) is 0 Å². The molecule has 3 amide bonds. The molecule has 2 aromatic carbocycles. The number of urea groups is 1. The quantitative estimate of drug-likeness (QED) is 0.786. The molecule has 1 saturated heterocycles. The van der Waals surface area contributed by atoms with Gasteiger partial charge in [-0.15, -0.1) is 0 Å². The lowest BCUT2D eigenvalue weighted by Gasteiger charge is -2.32. The zero-order valence-electron chi connectivity index (χ0n) is 16.8. The minimum atomic E-state index is -0.104. The number of nitrogens with zero attached hydrogens (tertiary/aromatic N) is 1. The number of methoxy groups -OCH3 is 2. The Morgan fingerprint density at radius 3 is 2.34 bits per heavy atom. The molecule has 29 heavy (non-hydrogen) atoms. The third-order valence-electron chi connectivity index (χ3n) is 5.05. The van der Waals surface area contributed by atoms with Crippen LogP contribution in [0.4, 0.5) is 4.79 Å². The van der Waals surface area contributed by atoms with Crippen molar-refractivity contribution >= 4 is 11.9 Å². The second kappa shape index (κ2) is 9.82. The predicted octanol–water partition coefficient (Wildman–Crippen LogP) is 2.81. The van der Waals surface area contributed by atoms with Crippen molar-refractivity contribution in [2.45, 2.75) is 25.4 Å².